The van der Waals surface area contributed by atoms with E-state index in [0.717, 1.165) is 55.0 Å². The molecule has 2 amide bonds. The fraction of sp³-hybridized carbons (Fsp3) is 0.619. The number of nitrogens with zero attached hydrogens (tertiary/aromatic N) is 3. The number of amides is 2. The Labute approximate surface area is 167 Å². The Morgan fingerprint density at radius 2 is 1.59 bits per heavy atom. The van der Waals surface area contributed by atoms with Crippen molar-refractivity contribution in [1.82, 2.24) is 14.7 Å². The van der Waals surface area contributed by atoms with Gasteiger partial charge in [-0.1, -0.05) is 18.9 Å². The topological polar surface area (TPSA) is 43.9 Å². The predicted molar refractivity (Wildman–Crippen MR) is 110 cm³/mol. The molecule has 2 fully saturated rings. The lowest BCUT2D eigenvalue weighted by Gasteiger charge is -2.35. The highest BCUT2D eigenvalue weighted by Crippen LogP contribution is 2.21. The van der Waals surface area contributed by atoms with Gasteiger partial charge in [-0.3, -0.25) is 14.5 Å². The zero-order valence-electron chi connectivity index (χ0n) is 16.6. The number of aryl methyl sites for hydroxylation is 1. The molecule has 0 radical (unpaired) electrons. The van der Waals surface area contributed by atoms with E-state index in [1.807, 2.05) is 35.1 Å². The highest BCUT2D eigenvalue weighted by molar-refractivity contribution is 7.98. The number of likely N-dealkylation sites (tertiary alicyclic amines) is 1. The molecule has 0 aromatic heterocycles. The third-order valence-electron chi connectivity index (χ3n) is 5.65. The van der Waals surface area contributed by atoms with Gasteiger partial charge in [0.2, 0.25) is 5.91 Å². The van der Waals surface area contributed by atoms with Crippen LogP contribution in [0.25, 0.3) is 0 Å². The fourth-order valence-electron chi connectivity index (χ4n) is 3.85. The standard InChI is InChI=1S/C21H31N3O2S/c1-17-7-8-18(27-2)15-19(17)21(26)24-13-11-22(12-14-24)16-20(25)23-9-5-3-4-6-10-23/h7-8,15H,3-6,9-14,16H2,1-2H3. The van der Waals surface area contributed by atoms with Crippen molar-refractivity contribution < 1.29 is 9.59 Å². The molecule has 2 saturated heterocycles. The number of hydrogen-bond acceptors (Lipinski definition) is 4. The van der Waals surface area contributed by atoms with E-state index in [0.29, 0.717) is 19.6 Å². The average Bonchev–Trinajstić information content (AvgIpc) is 2.98. The molecule has 2 heterocycles. The number of carbonyl (C=O) groups excluding carboxylic acids is 2. The van der Waals surface area contributed by atoms with Gasteiger partial charge in [-0.25, -0.2) is 0 Å². The second-order valence-electron chi connectivity index (χ2n) is 7.54. The average molecular weight is 390 g/mol. The first-order chi connectivity index (χ1) is 13.1. The van der Waals surface area contributed by atoms with Gasteiger partial charge in [-0.05, 0) is 43.7 Å². The molecule has 1 aromatic carbocycles. The number of benzene rings is 1. The van der Waals surface area contributed by atoms with E-state index in [4.69, 9.17) is 0 Å². The molecule has 0 atom stereocenters. The second kappa shape index (κ2) is 9.60. The van der Waals surface area contributed by atoms with Crippen molar-refractivity contribution in [2.24, 2.45) is 0 Å². The molecule has 0 spiro atoms. The third-order valence-corrected chi connectivity index (χ3v) is 6.38. The van der Waals surface area contributed by atoms with Crippen LogP contribution in [0.1, 0.15) is 41.6 Å². The zero-order chi connectivity index (χ0) is 19.2. The summed E-state index contributed by atoms with van der Waals surface area (Å²) in [5.74, 6) is 0.363. The van der Waals surface area contributed by atoms with Crippen molar-refractivity contribution in [2.75, 3.05) is 52.1 Å². The van der Waals surface area contributed by atoms with E-state index in [1.165, 1.54) is 12.8 Å². The highest BCUT2D eigenvalue weighted by Gasteiger charge is 2.25. The maximum Gasteiger partial charge on any atom is 0.254 e. The minimum Gasteiger partial charge on any atom is -0.342 e. The molecule has 2 aliphatic rings. The van der Waals surface area contributed by atoms with Crippen LogP contribution >= 0.6 is 11.8 Å². The maximum absolute atomic E-state index is 12.9. The monoisotopic (exact) mass is 389 g/mol. The van der Waals surface area contributed by atoms with Gasteiger partial charge in [0.25, 0.3) is 5.91 Å². The van der Waals surface area contributed by atoms with E-state index in [9.17, 15) is 9.59 Å². The molecule has 0 unspecified atom stereocenters. The van der Waals surface area contributed by atoms with Gasteiger partial charge in [-0.2, -0.15) is 0 Å². The maximum atomic E-state index is 12.9. The lowest BCUT2D eigenvalue weighted by atomic mass is 10.1. The Morgan fingerprint density at radius 1 is 0.926 bits per heavy atom. The van der Waals surface area contributed by atoms with Crippen molar-refractivity contribution in [1.29, 1.82) is 0 Å². The van der Waals surface area contributed by atoms with Crippen molar-refractivity contribution in [3.8, 4) is 0 Å². The lowest BCUT2D eigenvalue weighted by molar-refractivity contribution is -0.132. The van der Waals surface area contributed by atoms with Gasteiger partial charge < -0.3 is 9.80 Å². The summed E-state index contributed by atoms with van der Waals surface area (Å²) >= 11 is 1.66. The van der Waals surface area contributed by atoms with Gasteiger partial charge in [0, 0.05) is 49.7 Å². The minimum absolute atomic E-state index is 0.113. The van der Waals surface area contributed by atoms with Crippen LogP contribution in [0, 0.1) is 6.92 Å². The summed E-state index contributed by atoms with van der Waals surface area (Å²) in [7, 11) is 0. The van der Waals surface area contributed by atoms with Crippen LogP contribution in [0.5, 0.6) is 0 Å². The first-order valence-electron chi connectivity index (χ1n) is 10.0. The quantitative estimate of drug-likeness (QED) is 0.743. The Morgan fingerprint density at radius 3 is 2.22 bits per heavy atom. The summed E-state index contributed by atoms with van der Waals surface area (Å²) in [6.07, 6.45) is 6.76. The molecule has 1 aromatic rings. The highest BCUT2D eigenvalue weighted by atomic mass is 32.2. The van der Waals surface area contributed by atoms with E-state index in [1.54, 1.807) is 11.8 Å². The number of carbonyl (C=O) groups is 2. The fourth-order valence-corrected chi connectivity index (χ4v) is 4.29. The van der Waals surface area contributed by atoms with Gasteiger partial charge >= 0.3 is 0 Å². The number of hydrogen-bond donors (Lipinski definition) is 0. The minimum atomic E-state index is 0.113. The van der Waals surface area contributed by atoms with Crippen LogP contribution in [-0.2, 0) is 4.79 Å². The first-order valence-corrected chi connectivity index (χ1v) is 11.2. The molecular formula is C21H31N3O2S. The second-order valence-corrected chi connectivity index (χ2v) is 8.42. The molecule has 0 bridgehead atoms. The molecule has 3 rings (SSSR count). The van der Waals surface area contributed by atoms with Gasteiger partial charge in [0.1, 0.15) is 0 Å². The van der Waals surface area contributed by atoms with Crippen LogP contribution in [0.4, 0.5) is 0 Å². The van der Waals surface area contributed by atoms with E-state index >= 15 is 0 Å². The Hall–Kier alpha value is -1.53. The number of piperazine rings is 1. The molecule has 0 saturated carbocycles. The Bertz CT molecular complexity index is 663. The number of rotatable bonds is 4. The summed E-state index contributed by atoms with van der Waals surface area (Å²) in [6, 6.07) is 6.08. The molecule has 5 nitrogen and oxygen atoms in total. The summed E-state index contributed by atoms with van der Waals surface area (Å²) in [5.41, 5.74) is 1.83. The van der Waals surface area contributed by atoms with Gasteiger partial charge in [-0.15, -0.1) is 11.8 Å². The van der Waals surface area contributed by atoms with Gasteiger partial charge in [0.15, 0.2) is 0 Å². The van der Waals surface area contributed by atoms with Crippen LogP contribution in [0.2, 0.25) is 0 Å². The van der Waals surface area contributed by atoms with E-state index in [2.05, 4.69) is 11.0 Å². The summed E-state index contributed by atoms with van der Waals surface area (Å²) in [4.78, 5) is 32.8. The van der Waals surface area contributed by atoms with Crippen molar-refractivity contribution in [3.05, 3.63) is 29.3 Å². The summed E-state index contributed by atoms with van der Waals surface area (Å²) in [5, 5.41) is 0. The molecule has 0 aliphatic carbocycles. The van der Waals surface area contributed by atoms with Crippen molar-refractivity contribution in [2.45, 2.75) is 37.5 Å². The van der Waals surface area contributed by atoms with Crippen LogP contribution in [-0.4, -0.2) is 78.6 Å². The summed E-state index contributed by atoms with van der Waals surface area (Å²) in [6.45, 7) is 7.21. The zero-order valence-corrected chi connectivity index (χ0v) is 17.4. The summed E-state index contributed by atoms with van der Waals surface area (Å²) < 4.78 is 0. The van der Waals surface area contributed by atoms with Crippen LogP contribution < -0.4 is 0 Å². The number of thioether (sulfide) groups is 1. The first kappa shape index (κ1) is 20.2. The smallest absolute Gasteiger partial charge is 0.254 e. The lowest BCUT2D eigenvalue weighted by Crippen LogP contribution is -2.51. The van der Waals surface area contributed by atoms with E-state index < -0.39 is 0 Å². The normalized spacial score (nSPS) is 19.0. The van der Waals surface area contributed by atoms with Crippen LogP contribution in [0.3, 0.4) is 0 Å². The van der Waals surface area contributed by atoms with Crippen LogP contribution in [0.15, 0.2) is 23.1 Å². The van der Waals surface area contributed by atoms with Crippen molar-refractivity contribution >= 4 is 23.6 Å². The van der Waals surface area contributed by atoms with E-state index in [-0.39, 0.29) is 11.8 Å². The third kappa shape index (κ3) is 5.26. The molecule has 6 heteroatoms. The largest absolute Gasteiger partial charge is 0.342 e. The predicted octanol–water partition coefficient (Wildman–Crippen LogP) is 2.88. The molecule has 0 N–H and O–H groups in total. The van der Waals surface area contributed by atoms with Crippen molar-refractivity contribution in [3.63, 3.8) is 0 Å². The molecular weight excluding hydrogens is 358 g/mol. The Balaban J connectivity index is 1.52. The molecule has 148 valence electrons. The molecule has 27 heavy (non-hydrogen) atoms. The molecule has 2 aliphatic heterocycles. The Kier molecular flexibility index (Phi) is 7.19. The SMILES string of the molecule is CSc1ccc(C)c(C(=O)N2CCN(CC(=O)N3CCCCCC3)CC2)c1. The van der Waals surface area contributed by atoms with Gasteiger partial charge in [0.05, 0.1) is 6.54 Å².